The van der Waals surface area contributed by atoms with Crippen LogP contribution in [-0.2, 0) is 4.79 Å². The van der Waals surface area contributed by atoms with E-state index >= 15 is 0 Å². The number of anilines is 1. The molecule has 0 radical (unpaired) electrons. The van der Waals surface area contributed by atoms with E-state index in [0.29, 0.717) is 23.8 Å². The number of rotatable bonds is 7. The number of carbonyl (C=O) groups excluding carboxylic acids is 1. The van der Waals surface area contributed by atoms with Gasteiger partial charge in [0.25, 0.3) is 0 Å². The van der Waals surface area contributed by atoms with Crippen molar-refractivity contribution in [3.05, 3.63) is 24.3 Å². The fourth-order valence-electron chi connectivity index (χ4n) is 4.91. The lowest BCUT2D eigenvalue weighted by Gasteiger charge is -2.35. The average Bonchev–Trinajstić information content (AvgIpc) is 3.19. The van der Waals surface area contributed by atoms with Crippen molar-refractivity contribution in [3.63, 3.8) is 0 Å². The van der Waals surface area contributed by atoms with Gasteiger partial charge in [0, 0.05) is 24.8 Å². The number of carbonyl (C=O) groups is 1. The van der Waals surface area contributed by atoms with Gasteiger partial charge in [-0.25, -0.2) is 0 Å². The van der Waals surface area contributed by atoms with E-state index in [2.05, 4.69) is 42.8 Å². The molecule has 1 aliphatic carbocycles. The van der Waals surface area contributed by atoms with E-state index in [9.17, 15) is 4.79 Å². The van der Waals surface area contributed by atoms with Crippen LogP contribution >= 0.6 is 0 Å². The van der Waals surface area contributed by atoms with E-state index < -0.39 is 0 Å². The number of amides is 1. The van der Waals surface area contributed by atoms with Gasteiger partial charge in [-0.15, -0.1) is 0 Å². The number of ether oxygens (including phenoxy) is 1. The van der Waals surface area contributed by atoms with Crippen molar-refractivity contribution in [1.29, 1.82) is 0 Å². The van der Waals surface area contributed by atoms with Crippen LogP contribution in [-0.4, -0.2) is 50.1 Å². The average molecular weight is 360 g/mol. The number of primary amides is 1. The number of fused-ring (bicyclic) bond motifs is 1. The molecular formula is C21H33N3O2. The number of methoxy groups -OCH3 is 1. The lowest BCUT2D eigenvalue weighted by atomic mass is 9.94. The molecule has 1 aromatic carbocycles. The minimum Gasteiger partial charge on any atom is -0.497 e. The SMILES string of the molecule is COc1ccc(N2C[C@H]3CC[C@H](N(C)[C@@H](CC(C)C)C(N)=O)[C@H]3C2)cc1. The molecule has 5 nitrogen and oxygen atoms in total. The van der Waals surface area contributed by atoms with Gasteiger partial charge in [0.1, 0.15) is 5.75 Å². The maximum absolute atomic E-state index is 12.0. The molecule has 2 fully saturated rings. The molecule has 2 aliphatic rings. The van der Waals surface area contributed by atoms with E-state index in [4.69, 9.17) is 10.5 Å². The number of nitrogens with zero attached hydrogens (tertiary/aromatic N) is 2. The molecule has 5 heteroatoms. The van der Waals surface area contributed by atoms with Crippen molar-refractivity contribution in [2.24, 2.45) is 23.5 Å². The van der Waals surface area contributed by atoms with Crippen LogP contribution in [0.25, 0.3) is 0 Å². The van der Waals surface area contributed by atoms with Gasteiger partial charge in [0.15, 0.2) is 0 Å². The lowest BCUT2D eigenvalue weighted by molar-refractivity contribution is -0.124. The van der Waals surface area contributed by atoms with Crippen LogP contribution in [0.4, 0.5) is 5.69 Å². The van der Waals surface area contributed by atoms with Crippen molar-refractivity contribution < 1.29 is 9.53 Å². The molecule has 0 unspecified atom stereocenters. The van der Waals surface area contributed by atoms with Crippen LogP contribution < -0.4 is 15.4 Å². The van der Waals surface area contributed by atoms with Crippen molar-refractivity contribution >= 4 is 11.6 Å². The van der Waals surface area contributed by atoms with Gasteiger partial charge >= 0.3 is 0 Å². The predicted molar refractivity (Wildman–Crippen MR) is 105 cm³/mol. The van der Waals surface area contributed by atoms with Crippen molar-refractivity contribution in [2.45, 2.75) is 45.2 Å². The summed E-state index contributed by atoms with van der Waals surface area (Å²) in [5.74, 6) is 2.48. The number of benzene rings is 1. The highest BCUT2D eigenvalue weighted by molar-refractivity contribution is 5.79. The van der Waals surface area contributed by atoms with E-state index in [1.165, 1.54) is 18.5 Å². The molecule has 1 heterocycles. The topological polar surface area (TPSA) is 58.8 Å². The highest BCUT2D eigenvalue weighted by Crippen LogP contribution is 2.42. The normalized spacial score (nSPS) is 26.4. The van der Waals surface area contributed by atoms with Gasteiger partial charge in [-0.3, -0.25) is 9.69 Å². The highest BCUT2D eigenvalue weighted by Gasteiger charge is 2.45. The van der Waals surface area contributed by atoms with Gasteiger partial charge in [-0.05, 0) is 68.3 Å². The fourth-order valence-corrected chi connectivity index (χ4v) is 4.91. The molecule has 0 bridgehead atoms. The number of likely N-dealkylation sites (N-methyl/N-ethyl adjacent to an activating group) is 1. The highest BCUT2D eigenvalue weighted by atomic mass is 16.5. The van der Waals surface area contributed by atoms with Crippen LogP contribution in [0.2, 0.25) is 0 Å². The third kappa shape index (κ3) is 3.83. The summed E-state index contributed by atoms with van der Waals surface area (Å²) in [7, 11) is 3.79. The largest absolute Gasteiger partial charge is 0.497 e. The molecule has 0 aromatic heterocycles. The van der Waals surface area contributed by atoms with Crippen LogP contribution in [0.5, 0.6) is 5.75 Å². The molecule has 1 amide bonds. The zero-order valence-corrected chi connectivity index (χ0v) is 16.5. The van der Waals surface area contributed by atoms with Gasteiger partial charge in [-0.1, -0.05) is 13.8 Å². The Bertz CT molecular complexity index is 616. The second kappa shape index (κ2) is 7.87. The molecule has 0 spiro atoms. The van der Waals surface area contributed by atoms with Gasteiger partial charge in [0.05, 0.1) is 13.2 Å². The Kier molecular flexibility index (Phi) is 5.76. The van der Waals surface area contributed by atoms with E-state index in [-0.39, 0.29) is 11.9 Å². The zero-order chi connectivity index (χ0) is 18.8. The monoisotopic (exact) mass is 359 g/mol. The first-order valence-electron chi connectivity index (χ1n) is 9.81. The summed E-state index contributed by atoms with van der Waals surface area (Å²) >= 11 is 0. The number of hydrogen-bond donors (Lipinski definition) is 1. The molecule has 2 N–H and O–H groups in total. The summed E-state index contributed by atoms with van der Waals surface area (Å²) in [5.41, 5.74) is 6.99. The van der Waals surface area contributed by atoms with Crippen LogP contribution in [0.15, 0.2) is 24.3 Å². The Hall–Kier alpha value is -1.75. The molecule has 1 saturated heterocycles. The number of nitrogens with two attached hydrogens (primary N) is 1. The second-order valence-corrected chi connectivity index (χ2v) is 8.38. The van der Waals surface area contributed by atoms with Gasteiger partial charge in [-0.2, -0.15) is 0 Å². The Labute approximate surface area is 157 Å². The third-order valence-electron chi connectivity index (χ3n) is 6.29. The van der Waals surface area contributed by atoms with Gasteiger partial charge in [0.2, 0.25) is 5.91 Å². The maximum atomic E-state index is 12.0. The first-order valence-corrected chi connectivity index (χ1v) is 9.81. The van der Waals surface area contributed by atoms with E-state index in [1.54, 1.807) is 7.11 Å². The van der Waals surface area contributed by atoms with Crippen LogP contribution in [0.3, 0.4) is 0 Å². The minimum absolute atomic E-state index is 0.159. The first-order chi connectivity index (χ1) is 12.4. The fraction of sp³-hybridized carbons (Fsp3) is 0.667. The first kappa shape index (κ1) is 19.0. The van der Waals surface area contributed by atoms with Crippen molar-refractivity contribution in [2.75, 3.05) is 32.1 Å². The summed E-state index contributed by atoms with van der Waals surface area (Å²) in [6.45, 7) is 6.47. The molecule has 3 rings (SSSR count). The summed E-state index contributed by atoms with van der Waals surface area (Å²) in [4.78, 5) is 16.8. The van der Waals surface area contributed by atoms with Gasteiger partial charge < -0.3 is 15.4 Å². The Morgan fingerprint density at radius 1 is 1.27 bits per heavy atom. The standard InChI is InChI=1S/C21H33N3O2/c1-14(2)11-20(21(22)25)23(3)19-10-5-15-12-24(13-18(15)19)16-6-8-17(26-4)9-7-16/h6-9,14-15,18-20H,5,10-13H2,1-4H3,(H2,22,25)/t15-,18+,19+,20+/m1/s1. The molecule has 26 heavy (non-hydrogen) atoms. The minimum atomic E-state index is -0.186. The quantitative estimate of drug-likeness (QED) is 0.813. The van der Waals surface area contributed by atoms with E-state index in [0.717, 1.165) is 25.3 Å². The Balaban J connectivity index is 1.69. The maximum Gasteiger partial charge on any atom is 0.234 e. The predicted octanol–water partition coefficient (Wildman–Crippen LogP) is 2.74. The number of hydrogen-bond acceptors (Lipinski definition) is 4. The zero-order valence-electron chi connectivity index (χ0n) is 16.5. The molecule has 1 saturated carbocycles. The van der Waals surface area contributed by atoms with Crippen molar-refractivity contribution in [1.82, 2.24) is 4.90 Å². The molecule has 4 atom stereocenters. The third-order valence-corrected chi connectivity index (χ3v) is 6.29. The molecule has 1 aliphatic heterocycles. The molecular weight excluding hydrogens is 326 g/mol. The summed E-state index contributed by atoms with van der Waals surface area (Å²) in [6, 6.07) is 8.62. The van der Waals surface area contributed by atoms with E-state index in [1.807, 2.05) is 12.1 Å². The summed E-state index contributed by atoms with van der Waals surface area (Å²) in [5, 5.41) is 0. The van der Waals surface area contributed by atoms with Crippen LogP contribution in [0, 0.1) is 17.8 Å². The lowest BCUT2D eigenvalue weighted by Crippen LogP contribution is -2.50. The molecule has 144 valence electrons. The summed E-state index contributed by atoms with van der Waals surface area (Å²) < 4.78 is 5.27. The summed E-state index contributed by atoms with van der Waals surface area (Å²) in [6.07, 6.45) is 3.24. The van der Waals surface area contributed by atoms with Crippen molar-refractivity contribution in [3.8, 4) is 5.75 Å². The Morgan fingerprint density at radius 2 is 1.96 bits per heavy atom. The smallest absolute Gasteiger partial charge is 0.234 e. The second-order valence-electron chi connectivity index (χ2n) is 8.38. The Morgan fingerprint density at radius 3 is 2.54 bits per heavy atom. The van der Waals surface area contributed by atoms with Crippen LogP contribution in [0.1, 0.15) is 33.1 Å². The molecule has 1 aromatic rings.